The molecule has 1 amide bonds. The van der Waals surface area contributed by atoms with E-state index < -0.39 is 0 Å². The molecule has 1 aromatic heterocycles. The maximum atomic E-state index is 12.5. The number of carbonyl (C=O) groups is 1. The molecule has 0 aliphatic heterocycles. The third kappa shape index (κ3) is 4.35. The fourth-order valence-electron chi connectivity index (χ4n) is 1.79. The van der Waals surface area contributed by atoms with E-state index in [0.29, 0.717) is 26.8 Å². The van der Waals surface area contributed by atoms with Gasteiger partial charge in [-0.1, -0.05) is 18.7 Å². The smallest absolute Gasteiger partial charge is 0.275 e. The van der Waals surface area contributed by atoms with Crippen LogP contribution in [0, 0.1) is 0 Å². The van der Waals surface area contributed by atoms with Gasteiger partial charge in [0.15, 0.2) is 5.16 Å². The fraction of sp³-hybridized carbons (Fsp3) is 0.267. The van der Waals surface area contributed by atoms with E-state index in [1.165, 1.54) is 18.9 Å². The number of aromatic nitrogens is 2. The van der Waals surface area contributed by atoms with Crippen LogP contribution in [0.5, 0.6) is 11.5 Å². The zero-order valence-electron chi connectivity index (χ0n) is 12.9. The van der Waals surface area contributed by atoms with Crippen LogP contribution in [0.2, 0.25) is 0 Å². The number of thioether (sulfide) groups is 1. The first-order valence-corrected chi connectivity index (χ1v) is 8.55. The van der Waals surface area contributed by atoms with Crippen LogP contribution in [0.25, 0.3) is 0 Å². The van der Waals surface area contributed by atoms with Gasteiger partial charge in [0.2, 0.25) is 0 Å². The molecule has 8 heteroatoms. The summed E-state index contributed by atoms with van der Waals surface area (Å²) < 4.78 is 10.9. The summed E-state index contributed by atoms with van der Waals surface area (Å²) in [6.45, 7) is 2.00. The lowest BCUT2D eigenvalue weighted by Crippen LogP contribution is -2.16. The fourth-order valence-corrected chi connectivity index (χ4v) is 2.70. The summed E-state index contributed by atoms with van der Waals surface area (Å²) in [7, 11) is 3.10. The lowest BCUT2D eigenvalue weighted by Gasteiger charge is -2.12. The number of hydrogen-bond donors (Lipinski definition) is 1. The van der Waals surface area contributed by atoms with Gasteiger partial charge in [0, 0.05) is 12.3 Å². The summed E-state index contributed by atoms with van der Waals surface area (Å²) in [6, 6.07) is 5.15. The first kappa shape index (κ1) is 17.6. The van der Waals surface area contributed by atoms with Crippen molar-refractivity contribution in [2.24, 2.45) is 0 Å². The lowest BCUT2D eigenvalue weighted by molar-refractivity contribution is 0.102. The van der Waals surface area contributed by atoms with E-state index in [1.807, 2.05) is 6.92 Å². The largest absolute Gasteiger partial charge is 0.497 e. The standard InChI is InChI=1S/C15H16BrN3O3S/c1-4-23-15-17-8-10(16)13(19-15)14(20)18-11-6-5-9(21-2)7-12(11)22-3/h5-8H,4H2,1-3H3,(H,18,20). The second kappa shape index (κ2) is 8.16. The molecule has 2 rings (SSSR count). The first-order chi connectivity index (χ1) is 11.1. The summed E-state index contributed by atoms with van der Waals surface area (Å²) in [6.07, 6.45) is 1.57. The van der Waals surface area contributed by atoms with Crippen molar-refractivity contribution >= 4 is 39.3 Å². The minimum absolute atomic E-state index is 0.272. The van der Waals surface area contributed by atoms with Gasteiger partial charge in [0.05, 0.1) is 24.4 Å². The van der Waals surface area contributed by atoms with Gasteiger partial charge in [-0.15, -0.1) is 0 Å². The number of nitrogens with zero attached hydrogens (tertiary/aromatic N) is 2. The number of ether oxygens (including phenoxy) is 2. The monoisotopic (exact) mass is 397 g/mol. The highest BCUT2D eigenvalue weighted by Crippen LogP contribution is 2.30. The molecule has 0 saturated carbocycles. The van der Waals surface area contributed by atoms with Crippen molar-refractivity contribution in [1.82, 2.24) is 9.97 Å². The average molecular weight is 398 g/mol. The molecule has 1 N–H and O–H groups in total. The molecule has 0 aliphatic carbocycles. The highest BCUT2D eigenvalue weighted by atomic mass is 79.9. The molecule has 23 heavy (non-hydrogen) atoms. The van der Waals surface area contributed by atoms with Crippen LogP contribution in [0.4, 0.5) is 5.69 Å². The minimum Gasteiger partial charge on any atom is -0.497 e. The van der Waals surface area contributed by atoms with Crippen molar-refractivity contribution < 1.29 is 14.3 Å². The van der Waals surface area contributed by atoms with Crippen LogP contribution in [-0.2, 0) is 0 Å². The van der Waals surface area contributed by atoms with Gasteiger partial charge in [0.1, 0.15) is 17.2 Å². The van der Waals surface area contributed by atoms with E-state index in [2.05, 4.69) is 31.2 Å². The van der Waals surface area contributed by atoms with Crippen LogP contribution < -0.4 is 14.8 Å². The van der Waals surface area contributed by atoms with Crippen LogP contribution in [0.3, 0.4) is 0 Å². The Kier molecular flexibility index (Phi) is 6.23. The molecule has 0 aliphatic rings. The maximum absolute atomic E-state index is 12.5. The number of amides is 1. The van der Waals surface area contributed by atoms with Crippen LogP contribution in [-0.4, -0.2) is 35.8 Å². The molecule has 0 saturated heterocycles. The van der Waals surface area contributed by atoms with E-state index >= 15 is 0 Å². The molecule has 0 bridgehead atoms. The Hall–Kier alpha value is -1.80. The van der Waals surface area contributed by atoms with Gasteiger partial charge in [0.25, 0.3) is 5.91 Å². The predicted molar refractivity (Wildman–Crippen MR) is 93.6 cm³/mol. The van der Waals surface area contributed by atoms with Gasteiger partial charge in [-0.05, 0) is 33.8 Å². The zero-order chi connectivity index (χ0) is 16.8. The zero-order valence-corrected chi connectivity index (χ0v) is 15.3. The van der Waals surface area contributed by atoms with Crippen molar-refractivity contribution in [2.45, 2.75) is 12.1 Å². The van der Waals surface area contributed by atoms with E-state index in [4.69, 9.17) is 9.47 Å². The second-order valence-corrected chi connectivity index (χ2v) is 6.39. The molecule has 2 aromatic rings. The lowest BCUT2D eigenvalue weighted by atomic mass is 10.2. The molecule has 0 spiro atoms. The number of benzene rings is 1. The molecule has 1 aromatic carbocycles. The molecular weight excluding hydrogens is 382 g/mol. The third-order valence-corrected chi connectivity index (χ3v) is 4.19. The van der Waals surface area contributed by atoms with Crippen molar-refractivity contribution in [3.8, 4) is 11.5 Å². The Balaban J connectivity index is 2.27. The van der Waals surface area contributed by atoms with Gasteiger partial charge < -0.3 is 14.8 Å². The Morgan fingerprint density at radius 3 is 2.78 bits per heavy atom. The van der Waals surface area contributed by atoms with E-state index in [-0.39, 0.29) is 11.6 Å². The molecule has 0 radical (unpaired) electrons. The highest BCUT2D eigenvalue weighted by molar-refractivity contribution is 9.10. The van der Waals surface area contributed by atoms with Gasteiger partial charge in [-0.2, -0.15) is 0 Å². The van der Waals surface area contributed by atoms with Crippen LogP contribution in [0.15, 0.2) is 34.0 Å². The Morgan fingerprint density at radius 2 is 2.13 bits per heavy atom. The van der Waals surface area contributed by atoms with Crippen LogP contribution >= 0.6 is 27.7 Å². The summed E-state index contributed by atoms with van der Waals surface area (Å²) in [5.41, 5.74) is 0.808. The Labute approximate surface area is 147 Å². The van der Waals surface area contributed by atoms with Gasteiger partial charge >= 0.3 is 0 Å². The normalized spacial score (nSPS) is 10.3. The van der Waals surface area contributed by atoms with E-state index in [0.717, 1.165) is 5.75 Å². The average Bonchev–Trinajstić information content (AvgIpc) is 2.57. The topological polar surface area (TPSA) is 73.3 Å². The molecule has 0 unspecified atom stereocenters. The number of rotatable bonds is 6. The summed E-state index contributed by atoms with van der Waals surface area (Å²) in [5.74, 6) is 1.63. The number of nitrogens with one attached hydrogen (secondary N) is 1. The van der Waals surface area contributed by atoms with Crippen molar-refractivity contribution in [3.05, 3.63) is 34.6 Å². The van der Waals surface area contributed by atoms with Crippen LogP contribution in [0.1, 0.15) is 17.4 Å². The number of hydrogen-bond acceptors (Lipinski definition) is 6. The number of carbonyl (C=O) groups excluding carboxylic acids is 1. The van der Waals surface area contributed by atoms with E-state index in [9.17, 15) is 4.79 Å². The predicted octanol–water partition coefficient (Wildman–Crippen LogP) is 3.62. The molecular formula is C15H16BrN3O3S. The number of methoxy groups -OCH3 is 2. The second-order valence-electron chi connectivity index (χ2n) is 4.30. The maximum Gasteiger partial charge on any atom is 0.275 e. The van der Waals surface area contributed by atoms with Gasteiger partial charge in [-0.3, -0.25) is 4.79 Å². The highest BCUT2D eigenvalue weighted by Gasteiger charge is 2.16. The number of halogens is 1. The molecule has 0 fully saturated rings. The molecule has 122 valence electrons. The SMILES string of the molecule is CCSc1ncc(Br)c(C(=O)Nc2ccc(OC)cc2OC)n1. The molecule has 1 heterocycles. The Morgan fingerprint density at radius 1 is 1.35 bits per heavy atom. The van der Waals surface area contributed by atoms with Gasteiger partial charge in [-0.25, -0.2) is 9.97 Å². The summed E-state index contributed by atoms with van der Waals surface area (Å²) in [5, 5.41) is 3.35. The van der Waals surface area contributed by atoms with Crippen molar-refractivity contribution in [2.75, 3.05) is 25.3 Å². The van der Waals surface area contributed by atoms with Crippen molar-refractivity contribution in [3.63, 3.8) is 0 Å². The Bertz CT molecular complexity index is 712. The molecule has 6 nitrogen and oxygen atoms in total. The minimum atomic E-state index is -0.347. The first-order valence-electron chi connectivity index (χ1n) is 6.77. The summed E-state index contributed by atoms with van der Waals surface area (Å²) in [4.78, 5) is 20.9. The van der Waals surface area contributed by atoms with Crippen molar-refractivity contribution in [1.29, 1.82) is 0 Å². The summed E-state index contributed by atoms with van der Waals surface area (Å²) >= 11 is 4.78. The number of anilines is 1. The quantitative estimate of drug-likeness (QED) is 0.592. The molecule has 0 atom stereocenters. The third-order valence-electron chi connectivity index (χ3n) is 2.87. The van der Waals surface area contributed by atoms with E-state index in [1.54, 1.807) is 31.5 Å².